The summed E-state index contributed by atoms with van der Waals surface area (Å²) in [6.07, 6.45) is 3.46. The van der Waals surface area contributed by atoms with Crippen LogP contribution in [0.5, 0.6) is 0 Å². The van der Waals surface area contributed by atoms with Crippen molar-refractivity contribution in [2.75, 3.05) is 39.4 Å². The fourth-order valence-electron chi connectivity index (χ4n) is 5.12. The molecule has 2 fully saturated rings. The van der Waals surface area contributed by atoms with Gasteiger partial charge in [-0.1, -0.05) is 42.5 Å². The van der Waals surface area contributed by atoms with Crippen molar-refractivity contribution >= 4 is 0 Å². The monoisotopic (exact) mass is 348 g/mol. The average Bonchev–Trinajstić information content (AvgIpc) is 3.08. The van der Waals surface area contributed by atoms with Gasteiger partial charge in [-0.2, -0.15) is 0 Å². The van der Waals surface area contributed by atoms with Crippen molar-refractivity contribution in [3.8, 4) is 11.1 Å². The van der Waals surface area contributed by atoms with Crippen LogP contribution < -0.4 is 5.32 Å². The molecule has 0 spiro atoms. The molecule has 2 aromatic carbocycles. The van der Waals surface area contributed by atoms with Gasteiger partial charge in [0.15, 0.2) is 0 Å². The quantitative estimate of drug-likeness (QED) is 0.782. The molecule has 1 aliphatic carbocycles. The molecule has 0 radical (unpaired) electrons. The van der Waals surface area contributed by atoms with Crippen LogP contribution in [-0.2, 0) is 11.2 Å². The molecule has 2 saturated heterocycles. The van der Waals surface area contributed by atoms with Crippen LogP contribution in [0.2, 0.25) is 0 Å². The minimum absolute atomic E-state index is 0.537. The van der Waals surface area contributed by atoms with Gasteiger partial charge >= 0.3 is 0 Å². The number of ether oxygens (including phenoxy) is 1. The highest BCUT2D eigenvalue weighted by Gasteiger charge is 2.32. The maximum Gasteiger partial charge on any atom is 0.0469 e. The predicted octanol–water partition coefficient (Wildman–Crippen LogP) is 3.63. The number of rotatable bonds is 3. The first-order valence-electron chi connectivity index (χ1n) is 10.1. The van der Waals surface area contributed by atoms with Crippen LogP contribution in [0.15, 0.2) is 42.5 Å². The Hall–Kier alpha value is -1.68. The first kappa shape index (κ1) is 16.5. The second-order valence-electron chi connectivity index (χ2n) is 7.93. The van der Waals surface area contributed by atoms with Crippen LogP contribution in [-0.4, -0.2) is 44.3 Å². The Bertz CT molecular complexity index is 758. The number of benzene rings is 2. The van der Waals surface area contributed by atoms with E-state index in [1.165, 1.54) is 40.7 Å². The smallest absolute Gasteiger partial charge is 0.0469 e. The van der Waals surface area contributed by atoms with Crippen molar-refractivity contribution in [2.24, 2.45) is 5.92 Å². The molecule has 26 heavy (non-hydrogen) atoms. The third-order valence-corrected chi connectivity index (χ3v) is 6.42. The summed E-state index contributed by atoms with van der Waals surface area (Å²) in [5.74, 6) is 0.712. The van der Waals surface area contributed by atoms with Gasteiger partial charge in [-0.15, -0.1) is 0 Å². The Balaban J connectivity index is 1.49. The second kappa shape index (κ2) is 7.15. The van der Waals surface area contributed by atoms with Crippen LogP contribution in [0.25, 0.3) is 11.1 Å². The molecule has 5 rings (SSSR count). The lowest BCUT2D eigenvalue weighted by Gasteiger charge is -2.41. The third kappa shape index (κ3) is 2.98. The zero-order chi connectivity index (χ0) is 17.3. The molecule has 1 atom stereocenters. The number of hydrogen-bond donors (Lipinski definition) is 1. The molecule has 3 heteroatoms. The molecule has 3 nitrogen and oxygen atoms in total. The average molecular weight is 348 g/mol. The molecule has 2 heterocycles. The minimum atomic E-state index is 0.537. The van der Waals surface area contributed by atoms with E-state index >= 15 is 0 Å². The molecule has 0 aromatic heterocycles. The van der Waals surface area contributed by atoms with Crippen molar-refractivity contribution in [1.29, 1.82) is 0 Å². The standard InChI is InChI=1S/C23H28N2O/c1-2-4-21-18(3-1)15-20-16-19(5-6-22(20)21)23(17-7-13-26-14-8-17)25-11-9-24-10-12-25/h1-6,16-17,23-24H,7-15H2/t23-/m0/s1. The molecule has 3 aliphatic rings. The zero-order valence-electron chi connectivity index (χ0n) is 15.4. The Kier molecular flexibility index (Phi) is 4.53. The lowest BCUT2D eigenvalue weighted by atomic mass is 9.84. The van der Waals surface area contributed by atoms with E-state index in [0.717, 1.165) is 45.8 Å². The van der Waals surface area contributed by atoms with E-state index in [1.54, 1.807) is 0 Å². The molecule has 2 aromatic rings. The molecule has 136 valence electrons. The molecule has 0 bridgehead atoms. The summed E-state index contributed by atoms with van der Waals surface area (Å²) >= 11 is 0. The highest BCUT2D eigenvalue weighted by atomic mass is 16.5. The fourth-order valence-corrected chi connectivity index (χ4v) is 5.12. The van der Waals surface area contributed by atoms with E-state index < -0.39 is 0 Å². The largest absolute Gasteiger partial charge is 0.381 e. The lowest BCUT2D eigenvalue weighted by Crippen LogP contribution is -2.47. The molecule has 0 unspecified atom stereocenters. The van der Waals surface area contributed by atoms with Crippen molar-refractivity contribution in [2.45, 2.75) is 25.3 Å². The van der Waals surface area contributed by atoms with Crippen molar-refractivity contribution in [3.05, 3.63) is 59.2 Å². The van der Waals surface area contributed by atoms with E-state index in [2.05, 4.69) is 52.7 Å². The molecule has 0 amide bonds. The van der Waals surface area contributed by atoms with Gasteiger partial charge in [0.05, 0.1) is 0 Å². The maximum atomic E-state index is 5.66. The number of nitrogens with zero attached hydrogens (tertiary/aromatic N) is 1. The third-order valence-electron chi connectivity index (χ3n) is 6.42. The topological polar surface area (TPSA) is 24.5 Å². The lowest BCUT2D eigenvalue weighted by molar-refractivity contribution is 0.0213. The van der Waals surface area contributed by atoms with Gasteiger partial charge in [0.25, 0.3) is 0 Å². The van der Waals surface area contributed by atoms with Gasteiger partial charge in [-0.25, -0.2) is 0 Å². The van der Waals surface area contributed by atoms with E-state index in [1.807, 2.05) is 0 Å². The number of fused-ring (bicyclic) bond motifs is 3. The molecular formula is C23H28N2O. The van der Waals surface area contributed by atoms with Gasteiger partial charge < -0.3 is 10.1 Å². The highest BCUT2D eigenvalue weighted by Crippen LogP contribution is 2.41. The van der Waals surface area contributed by atoms with Crippen LogP contribution >= 0.6 is 0 Å². The van der Waals surface area contributed by atoms with Crippen molar-refractivity contribution in [1.82, 2.24) is 10.2 Å². The maximum absolute atomic E-state index is 5.66. The van der Waals surface area contributed by atoms with Gasteiger partial charge in [-0.3, -0.25) is 4.90 Å². The Morgan fingerprint density at radius 2 is 1.69 bits per heavy atom. The van der Waals surface area contributed by atoms with Crippen LogP contribution in [0.3, 0.4) is 0 Å². The molecule has 1 N–H and O–H groups in total. The van der Waals surface area contributed by atoms with Crippen LogP contribution in [0.4, 0.5) is 0 Å². The summed E-state index contributed by atoms with van der Waals surface area (Å²) in [5, 5.41) is 3.51. The summed E-state index contributed by atoms with van der Waals surface area (Å²) in [7, 11) is 0. The van der Waals surface area contributed by atoms with E-state index in [4.69, 9.17) is 4.74 Å². The summed E-state index contributed by atoms with van der Waals surface area (Å²) in [5.41, 5.74) is 7.37. The normalized spacial score (nSPS) is 22.0. The van der Waals surface area contributed by atoms with E-state index in [9.17, 15) is 0 Å². The number of nitrogens with one attached hydrogen (secondary N) is 1. The molecule has 0 saturated carbocycles. The Morgan fingerprint density at radius 1 is 0.923 bits per heavy atom. The van der Waals surface area contributed by atoms with Gasteiger partial charge in [0, 0.05) is 45.4 Å². The Labute approximate surface area is 156 Å². The summed E-state index contributed by atoms with van der Waals surface area (Å²) in [4.78, 5) is 2.72. The van der Waals surface area contributed by atoms with Crippen molar-refractivity contribution < 1.29 is 4.74 Å². The highest BCUT2D eigenvalue weighted by molar-refractivity contribution is 5.77. The number of hydrogen-bond acceptors (Lipinski definition) is 3. The fraction of sp³-hybridized carbons (Fsp3) is 0.478. The van der Waals surface area contributed by atoms with Crippen molar-refractivity contribution in [3.63, 3.8) is 0 Å². The Morgan fingerprint density at radius 3 is 2.54 bits per heavy atom. The first-order valence-corrected chi connectivity index (χ1v) is 10.1. The van der Waals surface area contributed by atoms with Gasteiger partial charge in [-0.05, 0) is 53.0 Å². The predicted molar refractivity (Wildman–Crippen MR) is 105 cm³/mol. The summed E-state index contributed by atoms with van der Waals surface area (Å²) in [6, 6.07) is 16.7. The second-order valence-corrected chi connectivity index (χ2v) is 7.93. The summed E-state index contributed by atoms with van der Waals surface area (Å²) < 4.78 is 5.66. The first-order chi connectivity index (χ1) is 12.9. The zero-order valence-corrected chi connectivity index (χ0v) is 15.4. The van der Waals surface area contributed by atoms with Crippen LogP contribution in [0, 0.1) is 5.92 Å². The molecular weight excluding hydrogens is 320 g/mol. The van der Waals surface area contributed by atoms with E-state index in [-0.39, 0.29) is 0 Å². The van der Waals surface area contributed by atoms with E-state index in [0.29, 0.717) is 12.0 Å². The molecule has 2 aliphatic heterocycles. The van der Waals surface area contributed by atoms with Crippen LogP contribution in [0.1, 0.15) is 35.6 Å². The summed E-state index contributed by atoms with van der Waals surface area (Å²) in [6.45, 7) is 6.36. The number of piperazine rings is 1. The SMILES string of the molecule is c1ccc2c(c1)Cc1cc([C@H](C3CCOCC3)N3CCNCC3)ccc1-2. The minimum Gasteiger partial charge on any atom is -0.381 e. The van der Waals surface area contributed by atoms with Gasteiger partial charge in [0.2, 0.25) is 0 Å². The van der Waals surface area contributed by atoms with Gasteiger partial charge in [0.1, 0.15) is 0 Å².